The minimum absolute atomic E-state index is 0.630. The molecule has 0 saturated heterocycles. The van der Waals surface area contributed by atoms with Crippen LogP contribution in [0.25, 0.3) is 22.4 Å². The van der Waals surface area contributed by atoms with Crippen LogP contribution < -0.4 is 18.9 Å². The molecule has 0 aliphatic heterocycles. The Morgan fingerprint density at radius 2 is 1.35 bits per heavy atom. The number of rotatable bonds is 5. The van der Waals surface area contributed by atoms with E-state index in [1.54, 1.807) is 28.4 Å². The third kappa shape index (κ3) is 2.52. The van der Waals surface area contributed by atoms with Crippen LogP contribution in [0, 0.1) is 0 Å². The molecule has 6 nitrogen and oxygen atoms in total. The molecule has 0 aliphatic rings. The molecule has 1 N–H and O–H groups in total. The molecule has 1 heterocycles. The van der Waals surface area contributed by atoms with E-state index in [0.29, 0.717) is 28.8 Å². The number of hydrogen-bond donors (Lipinski definition) is 1. The SMILES string of the molecule is COc1cc2nc(-c3c(OC)cccc3OC)[nH]c2cc1OC. The fourth-order valence-electron chi connectivity index (χ4n) is 2.54. The highest BCUT2D eigenvalue weighted by Gasteiger charge is 2.17. The van der Waals surface area contributed by atoms with Gasteiger partial charge in [0, 0.05) is 12.1 Å². The maximum Gasteiger partial charge on any atom is 0.163 e. The molecular formula is C17H18N2O4. The second kappa shape index (κ2) is 6.08. The van der Waals surface area contributed by atoms with E-state index < -0.39 is 0 Å². The molecule has 0 unspecified atom stereocenters. The highest BCUT2D eigenvalue weighted by molar-refractivity contribution is 5.85. The van der Waals surface area contributed by atoms with Crippen molar-refractivity contribution in [1.29, 1.82) is 0 Å². The number of nitrogens with zero attached hydrogens (tertiary/aromatic N) is 1. The second-order valence-electron chi connectivity index (χ2n) is 4.85. The van der Waals surface area contributed by atoms with Crippen molar-refractivity contribution in [2.24, 2.45) is 0 Å². The number of aromatic nitrogens is 2. The van der Waals surface area contributed by atoms with Crippen molar-refractivity contribution in [1.82, 2.24) is 9.97 Å². The highest BCUT2D eigenvalue weighted by atomic mass is 16.5. The standard InChI is InChI=1S/C17H18N2O4/c1-20-12-6-5-7-13(21-2)16(12)17-18-10-8-14(22-3)15(23-4)9-11(10)19-17/h5-9H,1-4H3,(H,18,19). The molecule has 0 radical (unpaired) electrons. The van der Waals surface area contributed by atoms with Gasteiger partial charge in [0.25, 0.3) is 0 Å². The number of aromatic amines is 1. The average Bonchev–Trinajstić information content (AvgIpc) is 3.01. The van der Waals surface area contributed by atoms with Crippen molar-refractivity contribution in [2.45, 2.75) is 0 Å². The smallest absolute Gasteiger partial charge is 0.163 e. The molecule has 2 aromatic carbocycles. The van der Waals surface area contributed by atoms with Crippen molar-refractivity contribution in [3.05, 3.63) is 30.3 Å². The number of methoxy groups -OCH3 is 4. The summed E-state index contributed by atoms with van der Waals surface area (Å²) in [7, 11) is 6.44. The second-order valence-corrected chi connectivity index (χ2v) is 4.85. The first-order chi connectivity index (χ1) is 11.2. The molecule has 3 aromatic rings. The van der Waals surface area contributed by atoms with E-state index in [9.17, 15) is 0 Å². The Hall–Kier alpha value is -2.89. The summed E-state index contributed by atoms with van der Waals surface area (Å²) in [5.74, 6) is 3.29. The van der Waals surface area contributed by atoms with Crippen molar-refractivity contribution < 1.29 is 18.9 Å². The van der Waals surface area contributed by atoms with Gasteiger partial charge in [0.05, 0.1) is 39.5 Å². The number of hydrogen-bond acceptors (Lipinski definition) is 5. The first kappa shape index (κ1) is 15.0. The van der Waals surface area contributed by atoms with Gasteiger partial charge in [-0.05, 0) is 12.1 Å². The average molecular weight is 314 g/mol. The molecule has 0 spiro atoms. The zero-order valence-electron chi connectivity index (χ0n) is 13.5. The van der Waals surface area contributed by atoms with Gasteiger partial charge >= 0.3 is 0 Å². The fourth-order valence-corrected chi connectivity index (χ4v) is 2.54. The van der Waals surface area contributed by atoms with E-state index in [1.807, 2.05) is 30.3 Å². The van der Waals surface area contributed by atoms with Gasteiger partial charge in [0.2, 0.25) is 0 Å². The van der Waals surface area contributed by atoms with Crippen molar-refractivity contribution in [3.8, 4) is 34.4 Å². The summed E-state index contributed by atoms with van der Waals surface area (Å²) >= 11 is 0. The van der Waals surface area contributed by atoms with Crippen LogP contribution in [0.4, 0.5) is 0 Å². The highest BCUT2D eigenvalue weighted by Crippen LogP contribution is 2.39. The van der Waals surface area contributed by atoms with Gasteiger partial charge in [-0.25, -0.2) is 4.98 Å². The van der Waals surface area contributed by atoms with E-state index in [1.165, 1.54) is 0 Å². The van der Waals surface area contributed by atoms with E-state index in [2.05, 4.69) is 9.97 Å². The maximum atomic E-state index is 5.44. The van der Waals surface area contributed by atoms with Crippen molar-refractivity contribution in [3.63, 3.8) is 0 Å². The molecule has 0 aliphatic carbocycles. The van der Waals surface area contributed by atoms with Crippen molar-refractivity contribution in [2.75, 3.05) is 28.4 Å². The Kier molecular flexibility index (Phi) is 3.97. The minimum Gasteiger partial charge on any atom is -0.496 e. The lowest BCUT2D eigenvalue weighted by atomic mass is 10.1. The maximum absolute atomic E-state index is 5.44. The third-order valence-electron chi connectivity index (χ3n) is 3.65. The first-order valence-corrected chi connectivity index (χ1v) is 7.05. The number of nitrogens with one attached hydrogen (secondary N) is 1. The van der Waals surface area contributed by atoms with Gasteiger partial charge in [-0.3, -0.25) is 0 Å². The molecular weight excluding hydrogens is 296 g/mol. The molecule has 0 atom stereocenters. The van der Waals surface area contributed by atoms with E-state index >= 15 is 0 Å². The summed E-state index contributed by atoms with van der Waals surface area (Å²) < 4.78 is 21.5. The number of ether oxygens (including phenoxy) is 4. The largest absolute Gasteiger partial charge is 0.496 e. The quantitative estimate of drug-likeness (QED) is 0.783. The van der Waals surface area contributed by atoms with Crippen LogP contribution in [0.3, 0.4) is 0 Å². The van der Waals surface area contributed by atoms with Gasteiger partial charge < -0.3 is 23.9 Å². The number of H-pyrrole nitrogens is 1. The molecule has 6 heteroatoms. The summed E-state index contributed by atoms with van der Waals surface area (Å²) in [5.41, 5.74) is 2.38. The van der Waals surface area contributed by atoms with Crippen LogP contribution >= 0.6 is 0 Å². The third-order valence-corrected chi connectivity index (χ3v) is 3.65. The van der Waals surface area contributed by atoms with Gasteiger partial charge in [0.15, 0.2) is 11.5 Å². The fraction of sp³-hybridized carbons (Fsp3) is 0.235. The van der Waals surface area contributed by atoms with Crippen LogP contribution in [0.5, 0.6) is 23.0 Å². The summed E-state index contributed by atoms with van der Waals surface area (Å²) in [4.78, 5) is 7.91. The lowest BCUT2D eigenvalue weighted by Crippen LogP contribution is -1.93. The predicted octanol–water partition coefficient (Wildman–Crippen LogP) is 3.26. The Balaban J connectivity index is 2.22. The van der Waals surface area contributed by atoms with E-state index in [-0.39, 0.29) is 0 Å². The normalized spacial score (nSPS) is 10.6. The number of fused-ring (bicyclic) bond motifs is 1. The number of imidazole rings is 1. The summed E-state index contributed by atoms with van der Waals surface area (Å²) in [5, 5.41) is 0. The molecule has 0 fully saturated rings. The monoisotopic (exact) mass is 314 g/mol. The van der Waals surface area contributed by atoms with Gasteiger partial charge in [0.1, 0.15) is 22.9 Å². The predicted molar refractivity (Wildman–Crippen MR) is 87.7 cm³/mol. The van der Waals surface area contributed by atoms with E-state index in [0.717, 1.165) is 16.6 Å². The lowest BCUT2D eigenvalue weighted by molar-refractivity contribution is 0.356. The Morgan fingerprint density at radius 1 is 0.783 bits per heavy atom. The van der Waals surface area contributed by atoms with Crippen LogP contribution in [0.2, 0.25) is 0 Å². The summed E-state index contributed by atoms with van der Waals surface area (Å²) in [6, 6.07) is 9.29. The molecule has 120 valence electrons. The first-order valence-electron chi connectivity index (χ1n) is 7.05. The molecule has 3 rings (SSSR count). The minimum atomic E-state index is 0.630. The Morgan fingerprint density at radius 3 is 1.91 bits per heavy atom. The van der Waals surface area contributed by atoms with Gasteiger partial charge in [-0.1, -0.05) is 6.07 Å². The van der Waals surface area contributed by atoms with Crippen LogP contribution in [-0.4, -0.2) is 38.4 Å². The number of benzene rings is 2. The zero-order chi connectivity index (χ0) is 16.4. The molecule has 0 bridgehead atoms. The molecule has 1 aromatic heterocycles. The zero-order valence-corrected chi connectivity index (χ0v) is 13.5. The Labute approximate surface area is 134 Å². The van der Waals surface area contributed by atoms with Gasteiger partial charge in [-0.2, -0.15) is 0 Å². The summed E-state index contributed by atoms with van der Waals surface area (Å²) in [6.07, 6.45) is 0. The van der Waals surface area contributed by atoms with Crippen LogP contribution in [0.15, 0.2) is 30.3 Å². The topological polar surface area (TPSA) is 65.6 Å². The lowest BCUT2D eigenvalue weighted by Gasteiger charge is -2.10. The molecule has 23 heavy (non-hydrogen) atoms. The summed E-state index contributed by atoms with van der Waals surface area (Å²) in [6.45, 7) is 0. The Bertz CT molecular complexity index is 779. The van der Waals surface area contributed by atoms with E-state index in [4.69, 9.17) is 18.9 Å². The molecule has 0 saturated carbocycles. The van der Waals surface area contributed by atoms with Crippen LogP contribution in [-0.2, 0) is 0 Å². The molecule has 0 amide bonds. The van der Waals surface area contributed by atoms with Gasteiger partial charge in [-0.15, -0.1) is 0 Å². The van der Waals surface area contributed by atoms with Crippen LogP contribution in [0.1, 0.15) is 0 Å². The van der Waals surface area contributed by atoms with Crippen molar-refractivity contribution >= 4 is 11.0 Å².